The summed E-state index contributed by atoms with van der Waals surface area (Å²) in [4.78, 5) is 0. The third-order valence-corrected chi connectivity index (χ3v) is 2.62. The number of hydrogen-bond donors (Lipinski definition) is 0. The van der Waals surface area contributed by atoms with Crippen molar-refractivity contribution in [3.05, 3.63) is 29.3 Å². The minimum absolute atomic E-state index is 0.233. The van der Waals surface area contributed by atoms with Crippen molar-refractivity contribution in [1.29, 1.82) is 5.26 Å². The average molecular weight is 222 g/mol. The predicted molar refractivity (Wildman–Crippen MR) is 56.6 cm³/mol. The number of nitriles is 1. The van der Waals surface area contributed by atoms with Crippen LogP contribution in [0.3, 0.4) is 0 Å². The average Bonchev–Trinajstić information content (AvgIpc) is 2.73. The Labute approximate surface area is 92.5 Å². The number of allylic oxidation sites excluding steroid dienone is 1. The number of fused-ring (bicyclic) bond motifs is 1. The van der Waals surface area contributed by atoms with Crippen molar-refractivity contribution in [2.24, 2.45) is 0 Å². The molecular formula is C11H8ClNO2. The Morgan fingerprint density at radius 3 is 2.87 bits per heavy atom. The van der Waals surface area contributed by atoms with Gasteiger partial charge < -0.3 is 9.47 Å². The van der Waals surface area contributed by atoms with Crippen molar-refractivity contribution in [3.8, 4) is 17.6 Å². The highest BCUT2D eigenvalue weighted by Crippen LogP contribution is 2.35. The molecule has 0 aromatic heterocycles. The monoisotopic (exact) mass is 221 g/mol. The van der Waals surface area contributed by atoms with Crippen LogP contribution in [0.2, 0.25) is 0 Å². The number of ether oxygens (including phenoxy) is 2. The van der Waals surface area contributed by atoms with Gasteiger partial charge in [-0.15, -0.1) is 0 Å². The first-order chi connectivity index (χ1) is 7.22. The van der Waals surface area contributed by atoms with E-state index in [1.807, 2.05) is 6.07 Å². The van der Waals surface area contributed by atoms with E-state index in [4.69, 9.17) is 26.3 Å². The van der Waals surface area contributed by atoms with Crippen molar-refractivity contribution in [2.75, 3.05) is 6.79 Å². The molecule has 0 amide bonds. The zero-order valence-corrected chi connectivity index (χ0v) is 8.84. The van der Waals surface area contributed by atoms with Gasteiger partial charge in [-0.1, -0.05) is 11.6 Å². The van der Waals surface area contributed by atoms with Gasteiger partial charge in [0.25, 0.3) is 0 Å². The lowest BCUT2D eigenvalue weighted by Crippen LogP contribution is -1.92. The second-order valence-electron chi connectivity index (χ2n) is 3.12. The van der Waals surface area contributed by atoms with Crippen LogP contribution in [0.25, 0.3) is 5.03 Å². The maximum atomic E-state index is 8.71. The van der Waals surface area contributed by atoms with Crippen LogP contribution in [0.15, 0.2) is 23.8 Å². The maximum absolute atomic E-state index is 8.71. The van der Waals surface area contributed by atoms with E-state index in [0.717, 1.165) is 5.56 Å². The van der Waals surface area contributed by atoms with Gasteiger partial charge in [-0.05, 0) is 30.7 Å². The lowest BCUT2D eigenvalue weighted by atomic mass is 10.1. The van der Waals surface area contributed by atoms with Crippen LogP contribution in [0.5, 0.6) is 11.5 Å². The summed E-state index contributed by atoms with van der Waals surface area (Å²) >= 11 is 6.02. The molecule has 0 saturated carbocycles. The molecule has 0 fully saturated rings. The SMILES string of the molecule is C/C(C#N)=C(/Cl)c1ccc2c(c1)OCO2. The zero-order valence-electron chi connectivity index (χ0n) is 8.08. The fourth-order valence-electron chi connectivity index (χ4n) is 1.30. The number of nitrogens with zero attached hydrogens (tertiary/aromatic N) is 1. The molecule has 1 aliphatic heterocycles. The molecule has 0 atom stereocenters. The highest BCUT2D eigenvalue weighted by molar-refractivity contribution is 6.49. The Hall–Kier alpha value is -1.66. The van der Waals surface area contributed by atoms with Crippen molar-refractivity contribution in [2.45, 2.75) is 6.92 Å². The van der Waals surface area contributed by atoms with Crippen LogP contribution < -0.4 is 9.47 Å². The molecule has 0 N–H and O–H groups in total. The molecule has 1 heterocycles. The third kappa shape index (κ3) is 1.77. The smallest absolute Gasteiger partial charge is 0.231 e. The molecule has 1 aliphatic rings. The summed E-state index contributed by atoms with van der Waals surface area (Å²) in [6, 6.07) is 7.36. The largest absolute Gasteiger partial charge is 0.454 e. The highest BCUT2D eigenvalue weighted by Gasteiger charge is 2.14. The van der Waals surface area contributed by atoms with Crippen LogP contribution in [0.4, 0.5) is 0 Å². The molecule has 3 nitrogen and oxygen atoms in total. The molecule has 15 heavy (non-hydrogen) atoms. The molecule has 0 aliphatic carbocycles. The van der Waals surface area contributed by atoms with Gasteiger partial charge in [0.1, 0.15) is 0 Å². The maximum Gasteiger partial charge on any atom is 0.231 e. The summed E-state index contributed by atoms with van der Waals surface area (Å²) in [5.41, 5.74) is 1.25. The quantitative estimate of drug-likeness (QED) is 0.685. The van der Waals surface area contributed by atoms with Gasteiger partial charge in [-0.25, -0.2) is 0 Å². The van der Waals surface area contributed by atoms with Crippen molar-refractivity contribution in [3.63, 3.8) is 0 Å². The van der Waals surface area contributed by atoms with Gasteiger partial charge in [0.05, 0.1) is 11.1 Å². The van der Waals surface area contributed by atoms with E-state index in [1.54, 1.807) is 25.1 Å². The fraction of sp³-hybridized carbons (Fsp3) is 0.182. The third-order valence-electron chi connectivity index (χ3n) is 2.12. The molecule has 1 aromatic carbocycles. The van der Waals surface area contributed by atoms with Gasteiger partial charge in [-0.2, -0.15) is 5.26 Å². The summed E-state index contributed by atoms with van der Waals surface area (Å²) in [6.45, 7) is 1.91. The number of benzene rings is 1. The molecule has 0 spiro atoms. The van der Waals surface area contributed by atoms with E-state index in [9.17, 15) is 0 Å². The van der Waals surface area contributed by atoms with Crippen molar-refractivity contribution in [1.82, 2.24) is 0 Å². The number of hydrogen-bond acceptors (Lipinski definition) is 3. The van der Waals surface area contributed by atoms with Crippen LogP contribution in [-0.4, -0.2) is 6.79 Å². The molecule has 0 radical (unpaired) electrons. The Morgan fingerprint density at radius 2 is 2.13 bits per heavy atom. The lowest BCUT2D eigenvalue weighted by molar-refractivity contribution is 0.174. The molecule has 76 valence electrons. The fourth-order valence-corrected chi connectivity index (χ4v) is 1.46. The van der Waals surface area contributed by atoms with Gasteiger partial charge in [0.2, 0.25) is 6.79 Å². The van der Waals surface area contributed by atoms with Crippen molar-refractivity contribution >= 4 is 16.6 Å². The molecule has 0 bridgehead atoms. The normalized spacial score (nSPS) is 14.5. The van der Waals surface area contributed by atoms with Crippen molar-refractivity contribution < 1.29 is 9.47 Å². The van der Waals surface area contributed by atoms with Gasteiger partial charge in [0.15, 0.2) is 11.5 Å². The minimum Gasteiger partial charge on any atom is -0.454 e. The Bertz CT molecular complexity index is 474. The number of rotatable bonds is 1. The topological polar surface area (TPSA) is 42.2 Å². The summed E-state index contributed by atoms with van der Waals surface area (Å²) in [5, 5.41) is 9.15. The first kappa shape index (κ1) is 9.88. The molecule has 1 aromatic rings. The predicted octanol–water partition coefficient (Wildman–Crippen LogP) is 2.91. The minimum atomic E-state index is 0.233. The highest BCUT2D eigenvalue weighted by atomic mass is 35.5. The zero-order chi connectivity index (χ0) is 10.8. The molecule has 2 rings (SSSR count). The summed E-state index contributed by atoms with van der Waals surface area (Å²) < 4.78 is 10.4. The van der Waals surface area contributed by atoms with E-state index in [1.165, 1.54) is 0 Å². The first-order valence-electron chi connectivity index (χ1n) is 4.39. The Kier molecular flexibility index (Phi) is 2.53. The van der Waals surface area contributed by atoms with E-state index in [0.29, 0.717) is 22.1 Å². The molecule has 4 heteroatoms. The van der Waals surface area contributed by atoms with E-state index in [2.05, 4.69) is 0 Å². The van der Waals surface area contributed by atoms with Crippen LogP contribution in [-0.2, 0) is 0 Å². The van der Waals surface area contributed by atoms with Crippen LogP contribution in [0, 0.1) is 11.3 Å². The lowest BCUT2D eigenvalue weighted by Gasteiger charge is -2.02. The first-order valence-corrected chi connectivity index (χ1v) is 4.76. The van der Waals surface area contributed by atoms with Gasteiger partial charge in [-0.3, -0.25) is 0 Å². The van der Waals surface area contributed by atoms with E-state index < -0.39 is 0 Å². The van der Waals surface area contributed by atoms with E-state index in [-0.39, 0.29) is 6.79 Å². The summed E-state index contributed by atoms with van der Waals surface area (Å²) in [5.74, 6) is 1.37. The summed E-state index contributed by atoms with van der Waals surface area (Å²) in [7, 11) is 0. The van der Waals surface area contributed by atoms with Crippen LogP contribution in [0.1, 0.15) is 12.5 Å². The molecule has 0 saturated heterocycles. The second-order valence-corrected chi connectivity index (χ2v) is 3.50. The number of halogens is 1. The molecular weight excluding hydrogens is 214 g/mol. The summed E-state index contributed by atoms with van der Waals surface area (Å²) in [6.07, 6.45) is 0. The molecule has 0 unspecified atom stereocenters. The standard InChI is InChI=1S/C11H8ClNO2/c1-7(5-13)11(12)8-2-3-9-10(4-8)15-6-14-9/h2-4H,6H2,1H3/b11-7-. The second kappa shape index (κ2) is 3.84. The van der Waals surface area contributed by atoms with Gasteiger partial charge in [0, 0.05) is 5.57 Å². The van der Waals surface area contributed by atoms with Gasteiger partial charge >= 0.3 is 0 Å². The van der Waals surface area contributed by atoms with E-state index >= 15 is 0 Å². The van der Waals surface area contributed by atoms with Crippen LogP contribution >= 0.6 is 11.6 Å². The Morgan fingerprint density at radius 1 is 1.40 bits per heavy atom. The Balaban J connectivity index is 2.44.